The Labute approximate surface area is 182 Å². The van der Waals surface area contributed by atoms with Gasteiger partial charge in [-0.05, 0) is 42.0 Å². The molecule has 0 amide bonds. The van der Waals surface area contributed by atoms with Crippen LogP contribution in [-0.4, -0.2) is 20.1 Å². The van der Waals surface area contributed by atoms with Crippen molar-refractivity contribution in [2.24, 2.45) is 0 Å². The second-order valence-electron chi connectivity index (χ2n) is 6.71. The predicted molar refractivity (Wildman–Crippen MR) is 114 cm³/mol. The molecule has 0 spiro atoms. The Bertz CT molecular complexity index is 1230. The van der Waals surface area contributed by atoms with Crippen molar-refractivity contribution in [3.8, 4) is 11.8 Å². The third-order valence-corrected chi connectivity index (χ3v) is 4.29. The molecular formula is C22H18FN7O2. The molecule has 0 unspecified atom stereocenters. The molecule has 9 nitrogen and oxygen atoms in total. The van der Waals surface area contributed by atoms with Crippen molar-refractivity contribution in [2.75, 3.05) is 10.6 Å². The van der Waals surface area contributed by atoms with E-state index in [1.165, 1.54) is 0 Å². The van der Waals surface area contributed by atoms with Gasteiger partial charge in [-0.15, -0.1) is 0 Å². The molecule has 160 valence electrons. The Hall–Kier alpha value is -4.52. The van der Waals surface area contributed by atoms with Gasteiger partial charge in [-0.2, -0.15) is 15.2 Å². The number of halogens is 1. The van der Waals surface area contributed by atoms with Crippen LogP contribution in [0.1, 0.15) is 17.3 Å². The minimum atomic E-state index is -0.590. The topological polar surface area (TPSA) is 122 Å². The average Bonchev–Trinajstić information content (AvgIpc) is 3.22. The van der Waals surface area contributed by atoms with Crippen LogP contribution < -0.4 is 15.4 Å². The number of nitrogens with zero attached hydrogens (tertiary/aromatic N) is 5. The van der Waals surface area contributed by atoms with Crippen LogP contribution in [0.25, 0.3) is 0 Å². The van der Waals surface area contributed by atoms with E-state index in [1.54, 1.807) is 43.3 Å². The van der Waals surface area contributed by atoms with E-state index < -0.39 is 5.82 Å². The Balaban J connectivity index is 1.39. The highest BCUT2D eigenvalue weighted by Gasteiger charge is 2.09. The Morgan fingerprint density at radius 1 is 1.03 bits per heavy atom. The van der Waals surface area contributed by atoms with Crippen LogP contribution in [0, 0.1) is 24.1 Å². The maximum atomic E-state index is 14.2. The van der Waals surface area contributed by atoms with Crippen molar-refractivity contribution < 1.29 is 13.7 Å². The Kier molecular flexibility index (Phi) is 6.17. The zero-order valence-electron chi connectivity index (χ0n) is 17.0. The zero-order chi connectivity index (χ0) is 22.3. The quantitative estimate of drug-likeness (QED) is 0.417. The van der Waals surface area contributed by atoms with Crippen molar-refractivity contribution in [3.63, 3.8) is 0 Å². The maximum Gasteiger partial charge on any atom is 0.229 e. The fraction of sp³-hybridized carbons (Fsp3) is 0.136. The molecule has 0 saturated heterocycles. The molecule has 0 atom stereocenters. The number of rotatable bonds is 8. The van der Waals surface area contributed by atoms with Gasteiger partial charge < -0.3 is 19.9 Å². The number of benzene rings is 2. The highest BCUT2D eigenvalue weighted by molar-refractivity contribution is 5.60. The molecule has 0 fully saturated rings. The number of hydrogen-bond donors (Lipinski definition) is 2. The van der Waals surface area contributed by atoms with Gasteiger partial charge in [0, 0.05) is 18.3 Å². The van der Waals surface area contributed by atoms with E-state index in [2.05, 4.69) is 36.8 Å². The number of aromatic nitrogens is 4. The highest BCUT2D eigenvalue weighted by atomic mass is 19.1. The number of nitriles is 1. The smallest absolute Gasteiger partial charge is 0.229 e. The third-order valence-electron chi connectivity index (χ3n) is 4.29. The van der Waals surface area contributed by atoms with Crippen LogP contribution in [0.5, 0.6) is 5.75 Å². The van der Waals surface area contributed by atoms with Crippen LogP contribution >= 0.6 is 0 Å². The van der Waals surface area contributed by atoms with E-state index >= 15 is 0 Å². The van der Waals surface area contributed by atoms with Crippen LogP contribution in [0.2, 0.25) is 0 Å². The van der Waals surface area contributed by atoms with Crippen molar-refractivity contribution in [1.82, 2.24) is 20.1 Å². The van der Waals surface area contributed by atoms with Crippen LogP contribution in [-0.2, 0) is 13.0 Å². The Morgan fingerprint density at radius 2 is 1.75 bits per heavy atom. The van der Waals surface area contributed by atoms with E-state index in [9.17, 15) is 4.39 Å². The molecule has 0 radical (unpaired) electrons. The van der Waals surface area contributed by atoms with Crippen LogP contribution in [0.3, 0.4) is 0 Å². The SMILES string of the molecule is Cc1nc(COc2ccc(Nc3nc(Nc4ccc(CC#N)cc4)ncc3F)cc2)no1. The molecule has 0 aliphatic rings. The first-order chi connectivity index (χ1) is 15.6. The lowest BCUT2D eigenvalue weighted by atomic mass is 10.1. The summed E-state index contributed by atoms with van der Waals surface area (Å²) in [4.78, 5) is 12.2. The number of ether oxygens (including phenoxy) is 1. The minimum absolute atomic E-state index is 0.0274. The Morgan fingerprint density at radius 3 is 2.44 bits per heavy atom. The first-order valence-corrected chi connectivity index (χ1v) is 9.63. The maximum absolute atomic E-state index is 14.2. The molecule has 32 heavy (non-hydrogen) atoms. The van der Waals surface area contributed by atoms with E-state index in [-0.39, 0.29) is 18.4 Å². The lowest BCUT2D eigenvalue weighted by molar-refractivity contribution is 0.286. The lowest BCUT2D eigenvalue weighted by Gasteiger charge is -2.10. The highest BCUT2D eigenvalue weighted by Crippen LogP contribution is 2.23. The van der Waals surface area contributed by atoms with Gasteiger partial charge in [0.1, 0.15) is 5.75 Å². The van der Waals surface area contributed by atoms with Gasteiger partial charge in [0.15, 0.2) is 18.2 Å². The normalized spacial score (nSPS) is 10.4. The fourth-order valence-electron chi connectivity index (χ4n) is 2.76. The minimum Gasteiger partial charge on any atom is -0.485 e. The largest absolute Gasteiger partial charge is 0.485 e. The van der Waals surface area contributed by atoms with E-state index in [4.69, 9.17) is 14.5 Å². The molecule has 0 saturated carbocycles. The summed E-state index contributed by atoms with van der Waals surface area (Å²) >= 11 is 0. The van der Waals surface area contributed by atoms with Gasteiger partial charge in [-0.3, -0.25) is 0 Å². The summed E-state index contributed by atoms with van der Waals surface area (Å²) in [6, 6.07) is 16.3. The van der Waals surface area contributed by atoms with E-state index in [0.717, 1.165) is 17.4 Å². The summed E-state index contributed by atoms with van der Waals surface area (Å²) in [5.74, 6) is 1.19. The van der Waals surface area contributed by atoms with Gasteiger partial charge in [-0.25, -0.2) is 9.37 Å². The summed E-state index contributed by atoms with van der Waals surface area (Å²) in [5, 5.41) is 18.5. The summed E-state index contributed by atoms with van der Waals surface area (Å²) in [6.07, 6.45) is 1.42. The third kappa shape index (κ3) is 5.34. The van der Waals surface area contributed by atoms with Gasteiger partial charge in [0.05, 0.1) is 18.7 Å². The first kappa shape index (κ1) is 20.7. The molecule has 2 aromatic heterocycles. The van der Waals surface area contributed by atoms with Crippen LogP contribution in [0.15, 0.2) is 59.3 Å². The molecule has 4 rings (SSSR count). The predicted octanol–water partition coefficient (Wildman–Crippen LogP) is 4.44. The van der Waals surface area contributed by atoms with Crippen LogP contribution in [0.4, 0.5) is 27.5 Å². The molecule has 0 aliphatic heterocycles. The molecule has 4 aromatic rings. The molecule has 10 heteroatoms. The monoisotopic (exact) mass is 431 g/mol. The van der Waals surface area contributed by atoms with Crippen molar-refractivity contribution in [2.45, 2.75) is 20.0 Å². The summed E-state index contributed by atoms with van der Waals surface area (Å²) in [7, 11) is 0. The van der Waals surface area contributed by atoms with E-state index in [1.807, 2.05) is 12.1 Å². The summed E-state index contributed by atoms with van der Waals surface area (Å²) in [5.41, 5.74) is 2.25. The number of hydrogen-bond acceptors (Lipinski definition) is 9. The zero-order valence-corrected chi connectivity index (χ0v) is 17.0. The van der Waals surface area contributed by atoms with Gasteiger partial charge in [0.25, 0.3) is 0 Å². The standard InChI is InChI=1S/C22H18FN7O2/c1-14-26-20(30-32-14)13-31-18-8-6-16(7-9-18)27-21-19(23)12-25-22(29-21)28-17-4-2-15(3-5-17)10-11-24/h2-9,12H,10,13H2,1H3,(H2,25,27,28,29). The van der Waals surface area contributed by atoms with Crippen molar-refractivity contribution in [1.29, 1.82) is 5.26 Å². The van der Waals surface area contributed by atoms with E-state index in [0.29, 0.717) is 29.6 Å². The number of nitrogens with one attached hydrogen (secondary N) is 2. The van der Waals surface area contributed by atoms with Gasteiger partial charge >= 0.3 is 0 Å². The average molecular weight is 431 g/mol. The number of aryl methyl sites for hydroxylation is 1. The molecule has 2 heterocycles. The van der Waals surface area contributed by atoms with Gasteiger partial charge in [-0.1, -0.05) is 17.3 Å². The lowest BCUT2D eigenvalue weighted by Crippen LogP contribution is -2.03. The van der Waals surface area contributed by atoms with Crippen molar-refractivity contribution >= 4 is 23.1 Å². The second kappa shape index (κ2) is 9.53. The molecule has 0 aliphatic carbocycles. The first-order valence-electron chi connectivity index (χ1n) is 9.63. The molecular weight excluding hydrogens is 413 g/mol. The van der Waals surface area contributed by atoms with Crippen molar-refractivity contribution in [3.05, 3.63) is 77.8 Å². The molecule has 2 N–H and O–H groups in total. The summed E-state index contributed by atoms with van der Waals surface area (Å²) < 4.78 is 24.7. The fourth-order valence-corrected chi connectivity index (χ4v) is 2.76. The second-order valence-corrected chi connectivity index (χ2v) is 6.71. The number of anilines is 4. The summed E-state index contributed by atoms with van der Waals surface area (Å²) in [6.45, 7) is 1.88. The van der Waals surface area contributed by atoms with Gasteiger partial charge in [0.2, 0.25) is 17.7 Å². The molecule has 2 aromatic carbocycles. The molecule has 0 bridgehead atoms.